The summed E-state index contributed by atoms with van der Waals surface area (Å²) in [7, 11) is 2.50. The Kier molecular flexibility index (Phi) is 5.70. The van der Waals surface area contributed by atoms with Crippen molar-refractivity contribution >= 4 is 23.5 Å². The Hall–Kier alpha value is -2.41. The summed E-state index contributed by atoms with van der Waals surface area (Å²) in [6.07, 6.45) is 1.74. The number of benzene rings is 1. The van der Waals surface area contributed by atoms with E-state index in [0.29, 0.717) is 12.2 Å². The quantitative estimate of drug-likeness (QED) is 0.810. The molecule has 1 heterocycles. The second-order valence-corrected chi connectivity index (χ2v) is 5.31. The molecular weight excluding hydrogens is 300 g/mol. The lowest BCUT2D eigenvalue weighted by Crippen LogP contribution is -2.37. The zero-order chi connectivity index (χ0) is 16.8. The highest BCUT2D eigenvalue weighted by Gasteiger charge is 2.22. The number of hydrogen-bond acceptors (Lipinski definition) is 6. The van der Waals surface area contributed by atoms with Gasteiger partial charge >= 0.3 is 11.9 Å². The normalized spacial score (nSPS) is 17.2. The molecule has 0 aliphatic carbocycles. The van der Waals surface area contributed by atoms with Gasteiger partial charge in [-0.25, -0.2) is 9.59 Å². The Labute approximate surface area is 134 Å². The first-order valence-electron chi connectivity index (χ1n) is 7.38. The van der Waals surface area contributed by atoms with Gasteiger partial charge in [-0.2, -0.15) is 0 Å². The lowest BCUT2D eigenvalue weighted by molar-refractivity contribution is -0.120. The van der Waals surface area contributed by atoms with Crippen LogP contribution in [0.25, 0.3) is 0 Å². The van der Waals surface area contributed by atoms with Gasteiger partial charge in [0.15, 0.2) is 0 Å². The molecule has 1 aliphatic heterocycles. The zero-order valence-corrected chi connectivity index (χ0v) is 13.2. The van der Waals surface area contributed by atoms with Gasteiger partial charge in [0.05, 0.1) is 31.3 Å². The van der Waals surface area contributed by atoms with Gasteiger partial charge in [-0.15, -0.1) is 0 Å². The van der Waals surface area contributed by atoms with Crippen LogP contribution in [0.2, 0.25) is 0 Å². The van der Waals surface area contributed by atoms with Crippen molar-refractivity contribution in [3.05, 3.63) is 29.3 Å². The SMILES string of the molecule is COC(=O)c1cc(NC(=O)C2CCCNC2)cc(C(=O)OC)c1. The fourth-order valence-electron chi connectivity index (χ4n) is 2.49. The molecule has 1 fully saturated rings. The molecule has 0 spiro atoms. The molecule has 0 saturated carbocycles. The Morgan fingerprint density at radius 2 is 1.70 bits per heavy atom. The van der Waals surface area contributed by atoms with Crippen molar-refractivity contribution in [3.8, 4) is 0 Å². The molecule has 0 bridgehead atoms. The first kappa shape index (κ1) is 17.0. The average Bonchev–Trinajstić information content (AvgIpc) is 2.60. The van der Waals surface area contributed by atoms with Crippen molar-refractivity contribution < 1.29 is 23.9 Å². The summed E-state index contributed by atoms with van der Waals surface area (Å²) < 4.78 is 9.33. The van der Waals surface area contributed by atoms with Crippen LogP contribution in [0.4, 0.5) is 5.69 Å². The van der Waals surface area contributed by atoms with E-state index >= 15 is 0 Å². The van der Waals surface area contributed by atoms with Crippen molar-refractivity contribution in [2.75, 3.05) is 32.6 Å². The van der Waals surface area contributed by atoms with E-state index in [1.165, 1.54) is 32.4 Å². The second-order valence-electron chi connectivity index (χ2n) is 5.31. The summed E-state index contributed by atoms with van der Waals surface area (Å²) in [5.74, 6) is -1.46. The molecule has 1 unspecified atom stereocenters. The van der Waals surface area contributed by atoms with E-state index in [1.807, 2.05) is 0 Å². The minimum atomic E-state index is -0.592. The molecule has 1 saturated heterocycles. The summed E-state index contributed by atoms with van der Waals surface area (Å²) in [6, 6.07) is 4.33. The van der Waals surface area contributed by atoms with Crippen molar-refractivity contribution in [1.82, 2.24) is 5.32 Å². The van der Waals surface area contributed by atoms with Crippen LogP contribution >= 0.6 is 0 Å². The van der Waals surface area contributed by atoms with Gasteiger partial charge in [0, 0.05) is 12.2 Å². The van der Waals surface area contributed by atoms with Crippen LogP contribution < -0.4 is 10.6 Å². The maximum Gasteiger partial charge on any atom is 0.337 e. The summed E-state index contributed by atoms with van der Waals surface area (Å²) in [5, 5.41) is 5.93. The molecule has 0 radical (unpaired) electrons. The van der Waals surface area contributed by atoms with Crippen LogP contribution in [0.15, 0.2) is 18.2 Å². The lowest BCUT2D eigenvalue weighted by atomic mass is 9.98. The highest BCUT2D eigenvalue weighted by atomic mass is 16.5. The number of carbonyl (C=O) groups is 3. The van der Waals surface area contributed by atoms with E-state index < -0.39 is 11.9 Å². The van der Waals surface area contributed by atoms with Crippen molar-refractivity contribution in [2.45, 2.75) is 12.8 Å². The molecule has 124 valence electrons. The third-order valence-electron chi connectivity index (χ3n) is 3.71. The molecular formula is C16H20N2O5. The fraction of sp³-hybridized carbons (Fsp3) is 0.438. The number of nitrogens with one attached hydrogen (secondary N) is 2. The van der Waals surface area contributed by atoms with E-state index in [0.717, 1.165) is 19.4 Å². The predicted octanol–water partition coefficient (Wildman–Crippen LogP) is 1.20. The summed E-state index contributed by atoms with van der Waals surface area (Å²) >= 11 is 0. The minimum Gasteiger partial charge on any atom is -0.465 e. The average molecular weight is 320 g/mol. The monoisotopic (exact) mass is 320 g/mol. The van der Waals surface area contributed by atoms with E-state index in [1.54, 1.807) is 0 Å². The van der Waals surface area contributed by atoms with Gasteiger partial charge in [-0.05, 0) is 37.6 Å². The lowest BCUT2D eigenvalue weighted by Gasteiger charge is -2.22. The Morgan fingerprint density at radius 1 is 1.09 bits per heavy atom. The maximum absolute atomic E-state index is 12.3. The van der Waals surface area contributed by atoms with Gasteiger partial charge < -0.3 is 20.1 Å². The Morgan fingerprint density at radius 3 is 2.17 bits per heavy atom. The van der Waals surface area contributed by atoms with Crippen LogP contribution in [0.3, 0.4) is 0 Å². The standard InChI is InChI=1S/C16H20N2O5/c1-22-15(20)11-6-12(16(21)23-2)8-13(7-11)18-14(19)10-4-3-5-17-9-10/h6-8,10,17H,3-5,9H2,1-2H3,(H,18,19). The first-order chi connectivity index (χ1) is 11.0. The second kappa shape index (κ2) is 7.73. The van der Waals surface area contributed by atoms with E-state index in [2.05, 4.69) is 20.1 Å². The van der Waals surface area contributed by atoms with Crippen LogP contribution in [-0.2, 0) is 14.3 Å². The molecule has 23 heavy (non-hydrogen) atoms. The molecule has 7 nitrogen and oxygen atoms in total. The first-order valence-corrected chi connectivity index (χ1v) is 7.38. The minimum absolute atomic E-state index is 0.132. The molecule has 1 atom stereocenters. The number of rotatable bonds is 4. The number of hydrogen-bond donors (Lipinski definition) is 2. The van der Waals surface area contributed by atoms with Gasteiger partial charge in [0.2, 0.25) is 5.91 Å². The number of esters is 2. The summed E-state index contributed by atoms with van der Waals surface area (Å²) in [6.45, 7) is 1.53. The number of carbonyl (C=O) groups excluding carboxylic acids is 3. The smallest absolute Gasteiger partial charge is 0.337 e. The van der Waals surface area contributed by atoms with Gasteiger partial charge in [-0.3, -0.25) is 4.79 Å². The van der Waals surface area contributed by atoms with Crippen LogP contribution in [0.5, 0.6) is 0 Å². The molecule has 1 amide bonds. The van der Waals surface area contributed by atoms with Gasteiger partial charge in [0.25, 0.3) is 0 Å². The molecule has 0 aromatic heterocycles. The topological polar surface area (TPSA) is 93.7 Å². The van der Waals surface area contributed by atoms with Crippen molar-refractivity contribution in [2.24, 2.45) is 5.92 Å². The molecule has 2 N–H and O–H groups in total. The summed E-state index contributed by atoms with van der Waals surface area (Å²) in [4.78, 5) is 35.7. The highest BCUT2D eigenvalue weighted by Crippen LogP contribution is 2.19. The van der Waals surface area contributed by atoms with Crippen LogP contribution in [-0.4, -0.2) is 45.2 Å². The van der Waals surface area contributed by atoms with Crippen LogP contribution in [0, 0.1) is 5.92 Å². The largest absolute Gasteiger partial charge is 0.465 e. The molecule has 1 aliphatic rings. The molecule has 1 aromatic rings. The molecule has 1 aromatic carbocycles. The van der Waals surface area contributed by atoms with E-state index in [4.69, 9.17) is 0 Å². The summed E-state index contributed by atoms with van der Waals surface area (Å²) in [5.41, 5.74) is 0.712. The van der Waals surface area contributed by atoms with Crippen molar-refractivity contribution in [1.29, 1.82) is 0 Å². The molecule has 2 rings (SSSR count). The third kappa shape index (κ3) is 4.29. The fourth-order valence-corrected chi connectivity index (χ4v) is 2.49. The Balaban J connectivity index is 2.23. The van der Waals surface area contributed by atoms with Crippen LogP contribution in [0.1, 0.15) is 33.6 Å². The van der Waals surface area contributed by atoms with Gasteiger partial charge in [-0.1, -0.05) is 0 Å². The molecule has 7 heteroatoms. The maximum atomic E-state index is 12.3. The Bertz CT molecular complexity index is 574. The number of methoxy groups -OCH3 is 2. The number of anilines is 1. The highest BCUT2D eigenvalue weighted by molar-refractivity contribution is 6.00. The number of piperidine rings is 1. The van der Waals surface area contributed by atoms with Crippen molar-refractivity contribution in [3.63, 3.8) is 0 Å². The van der Waals surface area contributed by atoms with E-state index in [-0.39, 0.29) is 23.0 Å². The number of amides is 1. The zero-order valence-electron chi connectivity index (χ0n) is 13.2. The third-order valence-corrected chi connectivity index (χ3v) is 3.71. The van der Waals surface area contributed by atoms with E-state index in [9.17, 15) is 14.4 Å². The predicted molar refractivity (Wildman–Crippen MR) is 83.3 cm³/mol. The number of ether oxygens (including phenoxy) is 2. The van der Waals surface area contributed by atoms with Gasteiger partial charge in [0.1, 0.15) is 0 Å².